The van der Waals surface area contributed by atoms with Crippen LogP contribution >= 0.6 is 24.0 Å². The van der Waals surface area contributed by atoms with Crippen molar-refractivity contribution in [3.05, 3.63) is 59.5 Å². The Balaban J connectivity index is 0.00000480. The lowest BCUT2D eigenvalue weighted by molar-refractivity contribution is -0.137. The van der Waals surface area contributed by atoms with E-state index in [0.29, 0.717) is 43.3 Å². The highest BCUT2D eigenvalue weighted by atomic mass is 127. The van der Waals surface area contributed by atoms with Crippen LogP contribution in [0.2, 0.25) is 0 Å². The number of carbonyl (C=O) groups is 1. The Labute approximate surface area is 197 Å². The van der Waals surface area contributed by atoms with Gasteiger partial charge in [-0.2, -0.15) is 13.2 Å². The third kappa shape index (κ3) is 9.62. The number of amides is 1. The van der Waals surface area contributed by atoms with Crippen LogP contribution in [-0.4, -0.2) is 31.5 Å². The molecular weight excluding hydrogens is 524 g/mol. The van der Waals surface area contributed by atoms with Crippen molar-refractivity contribution >= 4 is 35.8 Å². The van der Waals surface area contributed by atoms with Crippen LogP contribution in [0.1, 0.15) is 43.1 Å². The minimum Gasteiger partial charge on any atom is -0.467 e. The van der Waals surface area contributed by atoms with Gasteiger partial charge in [0.25, 0.3) is 0 Å². The first kappa shape index (κ1) is 26.8. The van der Waals surface area contributed by atoms with Gasteiger partial charge in [0.05, 0.1) is 18.4 Å². The molecule has 1 amide bonds. The second-order valence-corrected chi connectivity index (χ2v) is 6.79. The lowest BCUT2D eigenvalue weighted by Crippen LogP contribution is -2.39. The van der Waals surface area contributed by atoms with E-state index < -0.39 is 11.7 Å². The second kappa shape index (κ2) is 13.2. The number of benzene rings is 1. The molecule has 172 valence electrons. The number of rotatable bonds is 9. The Morgan fingerprint density at radius 2 is 1.94 bits per heavy atom. The van der Waals surface area contributed by atoms with Crippen molar-refractivity contribution in [3.8, 4) is 0 Å². The highest BCUT2D eigenvalue weighted by Gasteiger charge is 2.30. The SMILES string of the molecule is CCNC(=NCC(=O)NCc1ccco1)NCCC(C)c1cccc(C(F)(F)F)c1.I. The second-order valence-electron chi connectivity index (χ2n) is 6.79. The molecule has 2 aromatic rings. The van der Waals surface area contributed by atoms with Gasteiger partial charge in [-0.05, 0) is 43.0 Å². The Morgan fingerprint density at radius 3 is 2.58 bits per heavy atom. The van der Waals surface area contributed by atoms with Gasteiger partial charge >= 0.3 is 6.18 Å². The predicted molar refractivity (Wildman–Crippen MR) is 124 cm³/mol. The van der Waals surface area contributed by atoms with Crippen LogP contribution in [0.5, 0.6) is 0 Å². The fourth-order valence-corrected chi connectivity index (χ4v) is 2.74. The van der Waals surface area contributed by atoms with Gasteiger partial charge in [-0.3, -0.25) is 4.79 Å². The number of nitrogens with zero attached hydrogens (tertiary/aromatic N) is 1. The largest absolute Gasteiger partial charge is 0.467 e. The fraction of sp³-hybridized carbons (Fsp3) is 0.429. The maximum atomic E-state index is 12.9. The summed E-state index contributed by atoms with van der Waals surface area (Å²) in [4.78, 5) is 16.2. The van der Waals surface area contributed by atoms with Gasteiger partial charge in [-0.1, -0.05) is 25.1 Å². The summed E-state index contributed by atoms with van der Waals surface area (Å²) in [5.74, 6) is 0.808. The summed E-state index contributed by atoms with van der Waals surface area (Å²) in [6, 6.07) is 8.89. The maximum Gasteiger partial charge on any atom is 0.416 e. The van der Waals surface area contributed by atoms with Gasteiger partial charge in [-0.15, -0.1) is 24.0 Å². The zero-order valence-electron chi connectivity index (χ0n) is 17.5. The molecule has 2 rings (SSSR count). The van der Waals surface area contributed by atoms with E-state index in [1.807, 2.05) is 13.8 Å². The summed E-state index contributed by atoms with van der Waals surface area (Å²) in [7, 11) is 0. The number of aliphatic imine (C=N–C) groups is 1. The van der Waals surface area contributed by atoms with Gasteiger partial charge < -0.3 is 20.4 Å². The lowest BCUT2D eigenvalue weighted by Gasteiger charge is -2.16. The van der Waals surface area contributed by atoms with Crippen LogP contribution in [0.3, 0.4) is 0 Å². The molecule has 1 aromatic carbocycles. The Kier molecular flexibility index (Phi) is 11.4. The summed E-state index contributed by atoms with van der Waals surface area (Å²) in [5, 5.41) is 8.86. The molecule has 1 unspecified atom stereocenters. The van der Waals surface area contributed by atoms with Crippen LogP contribution in [-0.2, 0) is 17.5 Å². The summed E-state index contributed by atoms with van der Waals surface area (Å²) >= 11 is 0. The molecule has 1 heterocycles. The summed E-state index contributed by atoms with van der Waals surface area (Å²) < 4.78 is 43.8. The zero-order chi connectivity index (χ0) is 22.0. The molecular formula is C21H28F3IN4O2. The number of carbonyl (C=O) groups excluding carboxylic acids is 1. The van der Waals surface area contributed by atoms with Crippen molar-refractivity contribution in [2.75, 3.05) is 19.6 Å². The number of halogens is 4. The van der Waals surface area contributed by atoms with Gasteiger partial charge in [0, 0.05) is 13.1 Å². The van der Waals surface area contributed by atoms with E-state index in [9.17, 15) is 18.0 Å². The van der Waals surface area contributed by atoms with Crippen LogP contribution < -0.4 is 16.0 Å². The Hall–Kier alpha value is -2.24. The molecule has 0 aliphatic rings. The van der Waals surface area contributed by atoms with Crippen LogP contribution in [0, 0.1) is 0 Å². The summed E-state index contributed by atoms with van der Waals surface area (Å²) in [6.45, 7) is 5.13. The maximum absolute atomic E-state index is 12.9. The van der Waals surface area contributed by atoms with Crippen molar-refractivity contribution in [2.45, 2.75) is 38.9 Å². The highest BCUT2D eigenvalue weighted by Crippen LogP contribution is 2.31. The Morgan fingerprint density at radius 1 is 1.16 bits per heavy atom. The molecule has 0 saturated carbocycles. The summed E-state index contributed by atoms with van der Waals surface area (Å²) in [5.41, 5.74) is -0.0128. The monoisotopic (exact) mass is 552 g/mol. The van der Waals surface area contributed by atoms with E-state index in [-0.39, 0.29) is 42.3 Å². The number of guanidine groups is 1. The minimum atomic E-state index is -4.35. The van der Waals surface area contributed by atoms with E-state index in [1.54, 1.807) is 18.2 Å². The van der Waals surface area contributed by atoms with Crippen molar-refractivity contribution in [3.63, 3.8) is 0 Å². The third-order valence-corrected chi connectivity index (χ3v) is 4.42. The molecule has 0 aliphatic carbocycles. The van der Waals surface area contributed by atoms with Gasteiger partial charge in [0.1, 0.15) is 12.3 Å². The van der Waals surface area contributed by atoms with E-state index in [1.165, 1.54) is 18.4 Å². The lowest BCUT2D eigenvalue weighted by atomic mass is 9.96. The molecule has 1 atom stereocenters. The highest BCUT2D eigenvalue weighted by molar-refractivity contribution is 14.0. The third-order valence-electron chi connectivity index (χ3n) is 4.42. The fourth-order valence-electron chi connectivity index (χ4n) is 2.74. The molecule has 0 aliphatic heterocycles. The molecule has 0 fully saturated rings. The van der Waals surface area contributed by atoms with Crippen LogP contribution in [0.15, 0.2) is 52.1 Å². The van der Waals surface area contributed by atoms with E-state index in [2.05, 4.69) is 20.9 Å². The normalized spacial score (nSPS) is 12.6. The molecule has 6 nitrogen and oxygen atoms in total. The van der Waals surface area contributed by atoms with Gasteiger partial charge in [-0.25, -0.2) is 4.99 Å². The average Bonchev–Trinajstić information content (AvgIpc) is 3.23. The standard InChI is InChI=1S/C21H27F3N4O2.HI/c1-3-25-20(28-14-19(29)27-13-18-8-5-11-30-18)26-10-9-15(2)16-6-4-7-17(12-16)21(22,23)24;/h4-8,11-12,15H,3,9-10,13-14H2,1-2H3,(H,27,29)(H2,25,26,28);1H. The first-order chi connectivity index (χ1) is 14.3. The average molecular weight is 552 g/mol. The van der Waals surface area contributed by atoms with Crippen molar-refractivity contribution in [2.24, 2.45) is 4.99 Å². The number of nitrogens with one attached hydrogen (secondary N) is 3. The topological polar surface area (TPSA) is 78.7 Å². The van der Waals surface area contributed by atoms with Gasteiger partial charge in [0.15, 0.2) is 5.96 Å². The predicted octanol–water partition coefficient (Wildman–Crippen LogP) is 4.28. The van der Waals surface area contributed by atoms with E-state index in [0.717, 1.165) is 6.07 Å². The molecule has 0 spiro atoms. The van der Waals surface area contributed by atoms with Crippen molar-refractivity contribution in [1.82, 2.24) is 16.0 Å². The van der Waals surface area contributed by atoms with E-state index >= 15 is 0 Å². The first-order valence-electron chi connectivity index (χ1n) is 9.78. The van der Waals surface area contributed by atoms with Crippen molar-refractivity contribution in [1.29, 1.82) is 0 Å². The number of furan rings is 1. The molecule has 1 aromatic heterocycles. The zero-order valence-corrected chi connectivity index (χ0v) is 19.8. The molecule has 3 N–H and O–H groups in total. The Bertz CT molecular complexity index is 826. The van der Waals surface area contributed by atoms with Crippen LogP contribution in [0.25, 0.3) is 0 Å². The quantitative estimate of drug-likeness (QED) is 0.247. The molecule has 10 heteroatoms. The number of alkyl halides is 3. The van der Waals surface area contributed by atoms with E-state index in [4.69, 9.17) is 4.42 Å². The number of hydrogen-bond acceptors (Lipinski definition) is 3. The van der Waals surface area contributed by atoms with Crippen molar-refractivity contribution < 1.29 is 22.4 Å². The molecule has 0 bridgehead atoms. The smallest absolute Gasteiger partial charge is 0.416 e. The molecule has 0 saturated heterocycles. The summed E-state index contributed by atoms with van der Waals surface area (Å²) in [6.07, 6.45) is -2.21. The van der Waals surface area contributed by atoms with Crippen LogP contribution in [0.4, 0.5) is 13.2 Å². The number of hydrogen-bond donors (Lipinski definition) is 3. The first-order valence-corrected chi connectivity index (χ1v) is 9.78. The molecule has 31 heavy (non-hydrogen) atoms. The minimum absolute atomic E-state index is 0. The molecule has 0 radical (unpaired) electrons. The van der Waals surface area contributed by atoms with Gasteiger partial charge in [0.2, 0.25) is 5.91 Å².